The van der Waals surface area contributed by atoms with Gasteiger partial charge in [0.25, 0.3) is 12.4 Å². The van der Waals surface area contributed by atoms with E-state index in [1.54, 1.807) is 24.3 Å². The molecule has 0 saturated carbocycles. The SMILES string of the molecule is CC1=C(C(=O)OC(c2ccccc2)c2ccccc2)N2C(=O)C(NC(=O)Cc3ccc(OC=O)cc3)C2SC1. The molecule has 2 amide bonds. The van der Waals surface area contributed by atoms with E-state index in [1.165, 1.54) is 16.7 Å². The summed E-state index contributed by atoms with van der Waals surface area (Å²) in [5.41, 5.74) is 3.33. The van der Waals surface area contributed by atoms with E-state index in [9.17, 15) is 19.2 Å². The second kappa shape index (κ2) is 11.6. The molecule has 39 heavy (non-hydrogen) atoms. The van der Waals surface area contributed by atoms with E-state index in [4.69, 9.17) is 9.47 Å². The molecule has 2 aliphatic heterocycles. The summed E-state index contributed by atoms with van der Waals surface area (Å²) < 4.78 is 10.8. The van der Waals surface area contributed by atoms with Gasteiger partial charge in [0.05, 0.1) is 6.42 Å². The van der Waals surface area contributed by atoms with Crippen molar-refractivity contribution >= 4 is 36.0 Å². The summed E-state index contributed by atoms with van der Waals surface area (Å²) in [5.74, 6) is -0.337. The molecule has 2 aliphatic rings. The van der Waals surface area contributed by atoms with Gasteiger partial charge < -0.3 is 14.8 Å². The van der Waals surface area contributed by atoms with Crippen molar-refractivity contribution in [1.29, 1.82) is 0 Å². The molecule has 5 rings (SSSR count). The van der Waals surface area contributed by atoms with Gasteiger partial charge in [-0.05, 0) is 41.3 Å². The molecule has 1 saturated heterocycles. The minimum Gasteiger partial charge on any atom is -0.448 e. The monoisotopic (exact) mass is 542 g/mol. The smallest absolute Gasteiger partial charge is 0.356 e. The van der Waals surface area contributed by atoms with Gasteiger partial charge >= 0.3 is 5.97 Å². The average molecular weight is 543 g/mol. The van der Waals surface area contributed by atoms with Gasteiger partial charge in [-0.3, -0.25) is 19.3 Å². The van der Waals surface area contributed by atoms with E-state index in [0.29, 0.717) is 23.5 Å². The number of fused-ring (bicyclic) bond motifs is 1. The van der Waals surface area contributed by atoms with Crippen molar-refractivity contribution in [2.75, 3.05) is 5.75 Å². The number of esters is 1. The van der Waals surface area contributed by atoms with E-state index < -0.39 is 23.5 Å². The Hall–Kier alpha value is -4.37. The first-order chi connectivity index (χ1) is 19.0. The molecular weight excluding hydrogens is 516 g/mol. The second-order valence-electron chi connectivity index (χ2n) is 9.23. The second-order valence-corrected chi connectivity index (χ2v) is 10.3. The molecule has 9 heteroatoms. The summed E-state index contributed by atoms with van der Waals surface area (Å²) in [7, 11) is 0. The van der Waals surface area contributed by atoms with E-state index in [1.807, 2.05) is 67.6 Å². The summed E-state index contributed by atoms with van der Waals surface area (Å²) in [5, 5.41) is 2.41. The number of amides is 2. The maximum atomic E-state index is 13.5. The lowest BCUT2D eigenvalue weighted by Crippen LogP contribution is -2.70. The van der Waals surface area contributed by atoms with Gasteiger partial charge in [0.1, 0.15) is 22.9 Å². The van der Waals surface area contributed by atoms with Crippen molar-refractivity contribution in [2.45, 2.75) is 30.9 Å². The Morgan fingerprint density at radius 1 is 1.00 bits per heavy atom. The van der Waals surface area contributed by atoms with Crippen LogP contribution in [-0.4, -0.2) is 46.3 Å². The minimum absolute atomic E-state index is 0.0577. The molecule has 8 nitrogen and oxygen atoms in total. The lowest BCUT2D eigenvalue weighted by Gasteiger charge is -2.49. The molecule has 0 bridgehead atoms. The normalized spacial score (nSPS) is 18.2. The summed E-state index contributed by atoms with van der Waals surface area (Å²) in [6, 6.07) is 24.7. The Balaban J connectivity index is 1.28. The van der Waals surface area contributed by atoms with Crippen molar-refractivity contribution in [3.63, 3.8) is 0 Å². The number of ether oxygens (including phenoxy) is 2. The van der Waals surface area contributed by atoms with Crippen LogP contribution in [0.1, 0.15) is 29.7 Å². The molecule has 2 heterocycles. The zero-order valence-electron chi connectivity index (χ0n) is 21.1. The molecule has 0 aromatic heterocycles. The van der Waals surface area contributed by atoms with E-state index in [-0.39, 0.29) is 23.9 Å². The van der Waals surface area contributed by atoms with Crippen LogP contribution >= 0.6 is 11.8 Å². The first-order valence-electron chi connectivity index (χ1n) is 12.4. The predicted molar refractivity (Wildman–Crippen MR) is 145 cm³/mol. The fraction of sp³-hybridized carbons (Fsp3) is 0.200. The highest BCUT2D eigenvalue weighted by atomic mass is 32.2. The lowest BCUT2D eigenvalue weighted by molar-refractivity contribution is -0.154. The number of hydrogen-bond acceptors (Lipinski definition) is 7. The largest absolute Gasteiger partial charge is 0.448 e. The van der Waals surface area contributed by atoms with E-state index >= 15 is 0 Å². The average Bonchev–Trinajstić information content (AvgIpc) is 2.96. The number of benzene rings is 3. The number of nitrogens with one attached hydrogen (secondary N) is 1. The quantitative estimate of drug-likeness (QED) is 0.250. The first kappa shape index (κ1) is 26.2. The summed E-state index contributed by atoms with van der Waals surface area (Å²) >= 11 is 1.50. The van der Waals surface area contributed by atoms with Crippen molar-refractivity contribution in [2.24, 2.45) is 0 Å². The van der Waals surface area contributed by atoms with Crippen LogP contribution in [0.4, 0.5) is 0 Å². The highest BCUT2D eigenvalue weighted by molar-refractivity contribution is 8.00. The molecule has 1 fully saturated rings. The van der Waals surface area contributed by atoms with Crippen molar-refractivity contribution < 1.29 is 28.7 Å². The predicted octanol–water partition coefficient (Wildman–Crippen LogP) is 3.77. The Kier molecular flexibility index (Phi) is 7.79. The van der Waals surface area contributed by atoms with Crippen molar-refractivity contribution in [1.82, 2.24) is 10.2 Å². The number of thioether (sulfide) groups is 1. The number of carbonyl (C=O) groups excluding carboxylic acids is 4. The standard InChI is InChI=1S/C30H26N2O6S/c1-19-17-39-29-25(31-24(34)16-20-12-14-23(15-13-20)37-18-33)28(35)32(29)26(19)30(36)38-27(21-8-4-2-5-9-21)22-10-6-3-7-11-22/h2-15,18,25,27,29H,16-17H2,1H3,(H,31,34). The molecule has 2 atom stereocenters. The van der Waals surface area contributed by atoms with Crippen molar-refractivity contribution in [3.8, 4) is 5.75 Å². The number of hydrogen-bond donors (Lipinski definition) is 1. The van der Waals surface area contributed by atoms with Crippen molar-refractivity contribution in [3.05, 3.63) is 113 Å². The number of rotatable bonds is 9. The summed E-state index contributed by atoms with van der Waals surface area (Å²) in [6.45, 7) is 2.15. The van der Waals surface area contributed by atoms with E-state index in [2.05, 4.69) is 5.32 Å². The fourth-order valence-electron chi connectivity index (χ4n) is 4.66. The zero-order chi connectivity index (χ0) is 27.4. The van der Waals surface area contributed by atoms with Crippen LogP contribution < -0.4 is 10.1 Å². The Morgan fingerprint density at radius 2 is 1.62 bits per heavy atom. The molecule has 2 unspecified atom stereocenters. The van der Waals surface area contributed by atoms with Crippen LogP contribution in [0.25, 0.3) is 0 Å². The van der Waals surface area contributed by atoms with Gasteiger partial charge in [-0.2, -0.15) is 0 Å². The van der Waals surface area contributed by atoms with Crippen LogP contribution in [0.5, 0.6) is 5.75 Å². The van der Waals surface area contributed by atoms with Gasteiger partial charge in [-0.25, -0.2) is 4.79 Å². The molecule has 3 aromatic carbocycles. The van der Waals surface area contributed by atoms with Crippen LogP contribution in [-0.2, 0) is 30.3 Å². The number of nitrogens with zero attached hydrogens (tertiary/aromatic N) is 1. The Bertz CT molecular complexity index is 1370. The third kappa shape index (κ3) is 5.58. The van der Waals surface area contributed by atoms with Gasteiger partial charge in [0, 0.05) is 5.75 Å². The summed E-state index contributed by atoms with van der Waals surface area (Å²) in [6.07, 6.45) is -0.578. The topological polar surface area (TPSA) is 102 Å². The van der Waals surface area contributed by atoms with Crippen LogP contribution in [0.15, 0.2) is 96.2 Å². The highest BCUT2D eigenvalue weighted by Crippen LogP contribution is 2.41. The molecule has 0 aliphatic carbocycles. The fourth-order valence-corrected chi connectivity index (χ4v) is 5.95. The molecule has 0 radical (unpaired) electrons. The van der Waals surface area contributed by atoms with Crippen LogP contribution in [0.2, 0.25) is 0 Å². The number of carbonyl (C=O) groups is 4. The van der Waals surface area contributed by atoms with Gasteiger partial charge in [-0.1, -0.05) is 72.8 Å². The third-order valence-electron chi connectivity index (χ3n) is 6.57. The third-order valence-corrected chi connectivity index (χ3v) is 7.99. The number of β-lactam (4-membered cyclic amide) rings is 1. The maximum Gasteiger partial charge on any atom is 0.356 e. The Labute approximate surface area is 230 Å². The lowest BCUT2D eigenvalue weighted by atomic mass is 10.0. The van der Waals surface area contributed by atoms with Gasteiger partial charge in [0.2, 0.25) is 5.91 Å². The summed E-state index contributed by atoms with van der Waals surface area (Å²) in [4.78, 5) is 51.3. The van der Waals surface area contributed by atoms with Crippen LogP contribution in [0, 0.1) is 0 Å². The van der Waals surface area contributed by atoms with Crippen LogP contribution in [0.3, 0.4) is 0 Å². The Morgan fingerprint density at radius 3 is 2.21 bits per heavy atom. The highest BCUT2D eigenvalue weighted by Gasteiger charge is 2.54. The van der Waals surface area contributed by atoms with E-state index in [0.717, 1.165) is 16.7 Å². The molecule has 3 aromatic rings. The first-order valence-corrected chi connectivity index (χ1v) is 13.4. The molecule has 1 N–H and O–H groups in total. The van der Waals surface area contributed by atoms with Gasteiger partial charge in [0.15, 0.2) is 6.10 Å². The van der Waals surface area contributed by atoms with Gasteiger partial charge in [-0.15, -0.1) is 11.8 Å². The minimum atomic E-state index is -0.741. The molecule has 0 spiro atoms. The zero-order valence-corrected chi connectivity index (χ0v) is 21.9. The maximum absolute atomic E-state index is 13.5. The molecular formula is C30H26N2O6S. The molecule has 198 valence electrons.